The van der Waals surface area contributed by atoms with E-state index in [2.05, 4.69) is 0 Å². The highest BCUT2D eigenvalue weighted by molar-refractivity contribution is 6.36. The van der Waals surface area contributed by atoms with E-state index in [9.17, 15) is 4.39 Å². The molecule has 0 unspecified atom stereocenters. The van der Waals surface area contributed by atoms with Gasteiger partial charge in [-0.25, -0.2) is 4.39 Å². The maximum absolute atomic E-state index is 13.0. The SMILES string of the molecule is Cn1c(CN)c(Cl)c2ccc(F)cc21. The molecule has 2 nitrogen and oxygen atoms in total. The molecule has 2 N–H and O–H groups in total. The van der Waals surface area contributed by atoms with Crippen molar-refractivity contribution in [1.29, 1.82) is 0 Å². The van der Waals surface area contributed by atoms with Crippen LogP contribution in [0.3, 0.4) is 0 Å². The van der Waals surface area contributed by atoms with Crippen LogP contribution in [0, 0.1) is 5.82 Å². The summed E-state index contributed by atoms with van der Waals surface area (Å²) in [5.41, 5.74) is 7.15. The molecule has 4 heteroatoms. The Hall–Kier alpha value is -1.06. The Labute approximate surface area is 86.1 Å². The molecule has 1 heterocycles. The summed E-state index contributed by atoms with van der Waals surface area (Å²) in [4.78, 5) is 0. The summed E-state index contributed by atoms with van der Waals surface area (Å²) >= 11 is 6.09. The lowest BCUT2D eigenvalue weighted by molar-refractivity contribution is 0.628. The van der Waals surface area contributed by atoms with Crippen LogP contribution in [0.2, 0.25) is 5.02 Å². The van der Waals surface area contributed by atoms with Gasteiger partial charge in [-0.05, 0) is 18.2 Å². The summed E-state index contributed by atoms with van der Waals surface area (Å²) in [5, 5.41) is 1.46. The first-order chi connectivity index (χ1) is 6.65. The molecule has 0 aliphatic heterocycles. The monoisotopic (exact) mass is 212 g/mol. The number of aryl methyl sites for hydroxylation is 1. The van der Waals surface area contributed by atoms with E-state index in [0.29, 0.717) is 11.6 Å². The molecule has 0 spiro atoms. The van der Waals surface area contributed by atoms with Crippen molar-refractivity contribution in [3.8, 4) is 0 Å². The van der Waals surface area contributed by atoms with E-state index in [1.807, 2.05) is 11.6 Å². The number of benzene rings is 1. The van der Waals surface area contributed by atoms with Gasteiger partial charge in [-0.3, -0.25) is 0 Å². The van der Waals surface area contributed by atoms with Gasteiger partial charge in [0.15, 0.2) is 0 Å². The van der Waals surface area contributed by atoms with Gasteiger partial charge in [-0.15, -0.1) is 0 Å². The van der Waals surface area contributed by atoms with Crippen LogP contribution in [0.4, 0.5) is 4.39 Å². The van der Waals surface area contributed by atoms with Gasteiger partial charge in [0, 0.05) is 19.0 Å². The Kier molecular flexibility index (Phi) is 2.21. The third kappa shape index (κ3) is 1.21. The summed E-state index contributed by atoms with van der Waals surface area (Å²) < 4.78 is 14.8. The summed E-state index contributed by atoms with van der Waals surface area (Å²) in [5.74, 6) is -0.265. The lowest BCUT2D eigenvalue weighted by Crippen LogP contribution is -2.03. The number of aromatic nitrogens is 1. The average molecular weight is 213 g/mol. The minimum absolute atomic E-state index is 0.265. The van der Waals surface area contributed by atoms with E-state index < -0.39 is 0 Å². The second-order valence-electron chi connectivity index (χ2n) is 3.19. The van der Waals surface area contributed by atoms with Gasteiger partial charge < -0.3 is 10.3 Å². The van der Waals surface area contributed by atoms with Crippen molar-refractivity contribution in [2.45, 2.75) is 6.54 Å². The van der Waals surface area contributed by atoms with Crippen LogP contribution < -0.4 is 5.73 Å². The Morgan fingerprint density at radius 3 is 2.86 bits per heavy atom. The predicted molar refractivity (Wildman–Crippen MR) is 55.8 cm³/mol. The quantitative estimate of drug-likeness (QED) is 0.774. The molecule has 0 aliphatic carbocycles. The molecule has 0 aliphatic rings. The summed E-state index contributed by atoms with van der Waals surface area (Å²) in [6.45, 7) is 0.353. The van der Waals surface area contributed by atoms with Crippen molar-refractivity contribution in [2.75, 3.05) is 0 Å². The van der Waals surface area contributed by atoms with E-state index in [1.54, 1.807) is 6.07 Å². The zero-order valence-electron chi connectivity index (χ0n) is 7.72. The lowest BCUT2D eigenvalue weighted by atomic mass is 10.2. The number of nitrogens with zero attached hydrogens (tertiary/aromatic N) is 1. The molecule has 0 atom stereocenters. The Balaban J connectivity index is 2.87. The topological polar surface area (TPSA) is 30.9 Å². The van der Waals surface area contributed by atoms with Crippen LogP contribution in [0.15, 0.2) is 18.2 Å². The molecule has 2 aromatic rings. The molecule has 0 saturated carbocycles. The molecule has 0 saturated heterocycles. The summed E-state index contributed by atoms with van der Waals surface area (Å²) in [7, 11) is 1.83. The fourth-order valence-electron chi connectivity index (χ4n) is 1.64. The van der Waals surface area contributed by atoms with Crippen LogP contribution in [0.5, 0.6) is 0 Å². The number of nitrogens with two attached hydrogens (primary N) is 1. The molecule has 0 amide bonds. The third-order valence-corrected chi connectivity index (χ3v) is 2.83. The molecule has 74 valence electrons. The van der Waals surface area contributed by atoms with E-state index in [1.165, 1.54) is 12.1 Å². The number of hydrogen-bond donors (Lipinski definition) is 1. The molecule has 14 heavy (non-hydrogen) atoms. The highest BCUT2D eigenvalue weighted by Gasteiger charge is 2.12. The molecule has 0 bridgehead atoms. The minimum Gasteiger partial charge on any atom is -0.345 e. The Morgan fingerprint density at radius 1 is 1.50 bits per heavy atom. The van der Waals surface area contributed by atoms with Gasteiger partial charge in [0.2, 0.25) is 0 Å². The van der Waals surface area contributed by atoms with Crippen molar-refractivity contribution in [3.63, 3.8) is 0 Å². The zero-order valence-corrected chi connectivity index (χ0v) is 8.48. The van der Waals surface area contributed by atoms with Crippen molar-refractivity contribution in [2.24, 2.45) is 12.8 Å². The van der Waals surface area contributed by atoms with Gasteiger partial charge in [0.1, 0.15) is 5.82 Å². The Morgan fingerprint density at radius 2 is 2.21 bits per heavy atom. The molecule has 1 aromatic carbocycles. The average Bonchev–Trinajstić information content (AvgIpc) is 2.39. The maximum Gasteiger partial charge on any atom is 0.125 e. The van der Waals surface area contributed by atoms with Crippen LogP contribution >= 0.6 is 11.6 Å². The minimum atomic E-state index is -0.265. The molecular formula is C10H10ClFN2. The first-order valence-corrected chi connectivity index (χ1v) is 4.65. The van der Waals surface area contributed by atoms with Gasteiger partial charge >= 0.3 is 0 Å². The summed E-state index contributed by atoms with van der Waals surface area (Å²) in [6, 6.07) is 4.53. The first kappa shape index (κ1) is 9.49. The molecule has 0 fully saturated rings. The second kappa shape index (κ2) is 3.26. The van der Waals surface area contributed by atoms with Gasteiger partial charge in [-0.2, -0.15) is 0 Å². The van der Waals surface area contributed by atoms with E-state index in [0.717, 1.165) is 16.6 Å². The summed E-state index contributed by atoms with van der Waals surface area (Å²) in [6.07, 6.45) is 0. The fourth-order valence-corrected chi connectivity index (χ4v) is 2.01. The largest absolute Gasteiger partial charge is 0.345 e. The fraction of sp³-hybridized carbons (Fsp3) is 0.200. The zero-order chi connectivity index (χ0) is 10.3. The molecule has 2 rings (SSSR count). The number of fused-ring (bicyclic) bond motifs is 1. The predicted octanol–water partition coefficient (Wildman–Crippen LogP) is 2.43. The van der Waals surface area contributed by atoms with E-state index >= 15 is 0 Å². The van der Waals surface area contributed by atoms with Gasteiger partial charge in [0.05, 0.1) is 16.2 Å². The van der Waals surface area contributed by atoms with Crippen molar-refractivity contribution >= 4 is 22.5 Å². The lowest BCUT2D eigenvalue weighted by Gasteiger charge is -2.00. The van der Waals surface area contributed by atoms with E-state index in [-0.39, 0.29) is 5.82 Å². The normalized spacial score (nSPS) is 11.1. The number of rotatable bonds is 1. The standard InChI is InChI=1S/C10H10ClFN2/c1-14-8-4-6(12)2-3-7(8)10(11)9(14)5-13/h2-4H,5,13H2,1H3. The first-order valence-electron chi connectivity index (χ1n) is 4.27. The van der Waals surface area contributed by atoms with Crippen molar-refractivity contribution < 1.29 is 4.39 Å². The second-order valence-corrected chi connectivity index (χ2v) is 3.56. The van der Waals surface area contributed by atoms with Crippen LogP contribution in [0.25, 0.3) is 10.9 Å². The smallest absolute Gasteiger partial charge is 0.125 e. The van der Waals surface area contributed by atoms with E-state index in [4.69, 9.17) is 17.3 Å². The van der Waals surface area contributed by atoms with Crippen LogP contribution in [-0.2, 0) is 13.6 Å². The molecule has 0 radical (unpaired) electrons. The Bertz CT molecular complexity index is 490. The molecule has 1 aromatic heterocycles. The highest BCUT2D eigenvalue weighted by atomic mass is 35.5. The molecular weight excluding hydrogens is 203 g/mol. The number of hydrogen-bond acceptors (Lipinski definition) is 1. The highest BCUT2D eigenvalue weighted by Crippen LogP contribution is 2.29. The van der Waals surface area contributed by atoms with Gasteiger partial charge in [0.25, 0.3) is 0 Å². The van der Waals surface area contributed by atoms with Gasteiger partial charge in [-0.1, -0.05) is 11.6 Å². The number of halogens is 2. The van der Waals surface area contributed by atoms with Crippen molar-refractivity contribution in [1.82, 2.24) is 4.57 Å². The van der Waals surface area contributed by atoms with Crippen LogP contribution in [0.1, 0.15) is 5.69 Å². The van der Waals surface area contributed by atoms with Crippen LogP contribution in [-0.4, -0.2) is 4.57 Å². The maximum atomic E-state index is 13.0. The van der Waals surface area contributed by atoms with Crippen molar-refractivity contribution in [3.05, 3.63) is 34.7 Å². The third-order valence-electron chi connectivity index (χ3n) is 2.41.